The first-order chi connectivity index (χ1) is 14.0. The van der Waals surface area contributed by atoms with Crippen LogP contribution in [0.15, 0.2) is 24.3 Å². The van der Waals surface area contributed by atoms with E-state index in [0.29, 0.717) is 16.4 Å². The van der Waals surface area contributed by atoms with E-state index in [1.165, 1.54) is 56.8 Å². The van der Waals surface area contributed by atoms with Gasteiger partial charge in [0.15, 0.2) is 12.4 Å². The molecule has 4 aliphatic rings. The minimum atomic E-state index is -0.256. The molecule has 1 aromatic heterocycles. The summed E-state index contributed by atoms with van der Waals surface area (Å²) in [5.74, 6) is 2.86. The number of Topliss-reactive ketones (excluding diaryl/α,β-unsaturated/α-hetero) is 1. The van der Waals surface area contributed by atoms with E-state index in [4.69, 9.17) is 4.74 Å². The van der Waals surface area contributed by atoms with Gasteiger partial charge in [-0.1, -0.05) is 11.3 Å². The number of carbonyl (C=O) groups is 2. The summed E-state index contributed by atoms with van der Waals surface area (Å²) in [7, 11) is 0. The number of nitrogens with one attached hydrogen (secondary N) is 1. The van der Waals surface area contributed by atoms with E-state index in [-0.39, 0.29) is 23.7 Å². The molecule has 1 amide bonds. The number of ether oxygens (including phenoxy) is 1. The molecule has 4 bridgehead atoms. The van der Waals surface area contributed by atoms with E-state index in [1.807, 2.05) is 0 Å². The summed E-state index contributed by atoms with van der Waals surface area (Å²) in [6, 6.07) is 6.77. The average molecular weight is 412 g/mol. The van der Waals surface area contributed by atoms with Crippen LogP contribution in [0.4, 0.5) is 5.13 Å². The molecule has 1 heterocycles. The molecule has 152 valence electrons. The number of hydrogen-bond acceptors (Lipinski definition) is 6. The van der Waals surface area contributed by atoms with E-state index >= 15 is 0 Å². The molecular formula is C22H25N3O3S. The Labute approximate surface area is 174 Å². The number of anilines is 1. The zero-order chi connectivity index (χ0) is 20.0. The van der Waals surface area contributed by atoms with Gasteiger partial charge in [0.1, 0.15) is 10.8 Å². The summed E-state index contributed by atoms with van der Waals surface area (Å²) in [6.45, 7) is 1.41. The van der Waals surface area contributed by atoms with Crippen LogP contribution in [0, 0.1) is 17.8 Å². The zero-order valence-electron chi connectivity index (χ0n) is 16.5. The molecule has 0 aliphatic heterocycles. The van der Waals surface area contributed by atoms with Crippen molar-refractivity contribution in [2.75, 3.05) is 11.9 Å². The highest BCUT2D eigenvalue weighted by Gasteiger charge is 2.53. The van der Waals surface area contributed by atoms with Crippen molar-refractivity contribution in [3.05, 3.63) is 34.8 Å². The Morgan fingerprint density at radius 3 is 2.28 bits per heavy atom. The Bertz CT molecular complexity index is 902. The topological polar surface area (TPSA) is 81.2 Å². The first kappa shape index (κ1) is 18.7. The van der Waals surface area contributed by atoms with Crippen LogP contribution in [0.3, 0.4) is 0 Å². The highest BCUT2D eigenvalue weighted by Crippen LogP contribution is 2.61. The van der Waals surface area contributed by atoms with Crippen molar-refractivity contribution >= 4 is 28.2 Å². The van der Waals surface area contributed by atoms with Crippen molar-refractivity contribution in [1.82, 2.24) is 10.2 Å². The lowest BCUT2D eigenvalue weighted by Crippen LogP contribution is -2.48. The molecule has 1 aromatic carbocycles. The molecule has 6 rings (SSSR count). The summed E-state index contributed by atoms with van der Waals surface area (Å²) < 4.78 is 5.52. The summed E-state index contributed by atoms with van der Waals surface area (Å²) in [5.41, 5.74) is 0.817. The maximum absolute atomic E-state index is 12.3. The van der Waals surface area contributed by atoms with Gasteiger partial charge in [0.25, 0.3) is 5.91 Å². The molecule has 1 N–H and O–H groups in total. The van der Waals surface area contributed by atoms with Gasteiger partial charge in [-0.2, -0.15) is 0 Å². The first-order valence-electron chi connectivity index (χ1n) is 10.4. The number of carbonyl (C=O) groups excluding carboxylic acids is 2. The van der Waals surface area contributed by atoms with Crippen LogP contribution in [-0.4, -0.2) is 28.5 Å². The second-order valence-corrected chi connectivity index (χ2v) is 10.0. The fourth-order valence-electron chi connectivity index (χ4n) is 5.95. The Hall–Kier alpha value is -2.28. The van der Waals surface area contributed by atoms with Gasteiger partial charge < -0.3 is 4.74 Å². The van der Waals surface area contributed by atoms with Crippen molar-refractivity contribution in [3.8, 4) is 5.75 Å². The monoisotopic (exact) mass is 411 g/mol. The first-order valence-corrected chi connectivity index (χ1v) is 11.2. The Morgan fingerprint density at radius 1 is 1.07 bits per heavy atom. The van der Waals surface area contributed by atoms with Gasteiger partial charge >= 0.3 is 0 Å². The van der Waals surface area contributed by atoms with Crippen LogP contribution < -0.4 is 10.1 Å². The molecule has 7 heteroatoms. The molecule has 29 heavy (non-hydrogen) atoms. The minimum absolute atomic E-state index is 0.000361. The molecular weight excluding hydrogens is 386 g/mol. The normalized spacial score (nSPS) is 29.6. The Balaban J connectivity index is 1.19. The van der Waals surface area contributed by atoms with Crippen LogP contribution in [0.25, 0.3) is 0 Å². The SMILES string of the molecule is CC(=O)c1ccc(OCC(=O)Nc2nnc(C34CC5CC(CC(C5)C3)C4)s2)cc1. The molecule has 0 atom stereocenters. The largest absolute Gasteiger partial charge is 0.484 e. The third-order valence-electron chi connectivity index (χ3n) is 6.79. The highest BCUT2D eigenvalue weighted by atomic mass is 32.1. The molecule has 0 saturated heterocycles. The summed E-state index contributed by atoms with van der Waals surface area (Å²) in [6.07, 6.45) is 7.90. The molecule has 0 radical (unpaired) electrons. The molecule has 0 spiro atoms. The van der Waals surface area contributed by atoms with Crippen molar-refractivity contribution in [1.29, 1.82) is 0 Å². The van der Waals surface area contributed by atoms with Crippen LogP contribution in [0.1, 0.15) is 60.8 Å². The lowest BCUT2D eigenvalue weighted by Gasteiger charge is -2.55. The lowest BCUT2D eigenvalue weighted by molar-refractivity contribution is -0.118. The number of ketones is 1. The van der Waals surface area contributed by atoms with Gasteiger partial charge in [-0.15, -0.1) is 10.2 Å². The standard InChI is InChI=1S/C22H25N3O3S/c1-13(26)17-2-4-18(5-3-17)28-12-19(27)23-21-25-24-20(29-21)22-9-14-6-15(10-22)8-16(7-14)11-22/h2-5,14-16H,6-12H2,1H3,(H,23,25,27). The lowest BCUT2D eigenvalue weighted by atomic mass is 9.50. The number of rotatable bonds is 6. The van der Waals surface area contributed by atoms with Crippen LogP contribution in [0.2, 0.25) is 0 Å². The summed E-state index contributed by atoms with van der Waals surface area (Å²) >= 11 is 1.53. The van der Waals surface area contributed by atoms with Gasteiger partial charge in [0, 0.05) is 11.0 Å². The van der Waals surface area contributed by atoms with E-state index in [9.17, 15) is 9.59 Å². The van der Waals surface area contributed by atoms with Gasteiger partial charge in [0.2, 0.25) is 5.13 Å². The van der Waals surface area contributed by atoms with E-state index in [2.05, 4.69) is 15.5 Å². The number of nitrogens with zero attached hydrogens (tertiary/aromatic N) is 2. The minimum Gasteiger partial charge on any atom is -0.484 e. The molecule has 4 saturated carbocycles. The molecule has 2 aromatic rings. The highest BCUT2D eigenvalue weighted by molar-refractivity contribution is 7.15. The second-order valence-electron chi connectivity index (χ2n) is 9.03. The van der Waals surface area contributed by atoms with Gasteiger partial charge in [-0.25, -0.2) is 0 Å². The molecule has 4 fully saturated rings. The van der Waals surface area contributed by atoms with Crippen LogP contribution in [-0.2, 0) is 10.2 Å². The molecule has 4 aliphatic carbocycles. The summed E-state index contributed by atoms with van der Waals surface area (Å²) in [4.78, 5) is 23.6. The van der Waals surface area contributed by atoms with Gasteiger partial charge in [-0.3, -0.25) is 14.9 Å². The van der Waals surface area contributed by atoms with Gasteiger partial charge in [-0.05, 0) is 87.5 Å². The number of hydrogen-bond donors (Lipinski definition) is 1. The Kier molecular flexibility index (Phi) is 4.65. The molecule has 6 nitrogen and oxygen atoms in total. The van der Waals surface area contributed by atoms with Crippen LogP contribution in [0.5, 0.6) is 5.75 Å². The third-order valence-corrected chi connectivity index (χ3v) is 7.88. The summed E-state index contributed by atoms with van der Waals surface area (Å²) in [5, 5.41) is 13.2. The predicted molar refractivity (Wildman–Crippen MR) is 110 cm³/mol. The quantitative estimate of drug-likeness (QED) is 0.720. The molecule has 0 unspecified atom stereocenters. The van der Waals surface area contributed by atoms with Crippen molar-refractivity contribution < 1.29 is 14.3 Å². The fraction of sp³-hybridized carbons (Fsp3) is 0.545. The van der Waals surface area contributed by atoms with E-state index in [0.717, 1.165) is 22.8 Å². The van der Waals surface area contributed by atoms with Crippen molar-refractivity contribution in [3.63, 3.8) is 0 Å². The number of benzene rings is 1. The van der Waals surface area contributed by atoms with E-state index in [1.54, 1.807) is 24.3 Å². The smallest absolute Gasteiger partial charge is 0.264 e. The van der Waals surface area contributed by atoms with Gasteiger partial charge in [0.05, 0.1) is 0 Å². The maximum Gasteiger partial charge on any atom is 0.264 e. The predicted octanol–water partition coefficient (Wildman–Crippen LogP) is 4.23. The zero-order valence-corrected chi connectivity index (χ0v) is 17.3. The number of aromatic nitrogens is 2. The van der Waals surface area contributed by atoms with E-state index < -0.39 is 0 Å². The third kappa shape index (κ3) is 3.68. The number of amides is 1. The Morgan fingerprint density at radius 2 is 1.69 bits per heavy atom. The average Bonchev–Trinajstić information content (AvgIpc) is 3.15. The fourth-order valence-corrected chi connectivity index (χ4v) is 6.93. The van der Waals surface area contributed by atoms with Crippen molar-refractivity contribution in [2.45, 2.75) is 50.9 Å². The maximum atomic E-state index is 12.3. The van der Waals surface area contributed by atoms with Crippen LogP contribution >= 0.6 is 11.3 Å². The second kappa shape index (κ2) is 7.20. The van der Waals surface area contributed by atoms with Crippen molar-refractivity contribution in [2.24, 2.45) is 17.8 Å².